The van der Waals surface area contributed by atoms with E-state index in [-0.39, 0.29) is 0 Å². The van der Waals surface area contributed by atoms with Gasteiger partial charge in [0.05, 0.1) is 0 Å². The molecule has 4 nitrogen and oxygen atoms in total. The van der Waals surface area contributed by atoms with E-state index in [2.05, 4.69) is 15.5 Å². The lowest BCUT2D eigenvalue weighted by Crippen LogP contribution is -2.44. The third kappa shape index (κ3) is 2.08. The van der Waals surface area contributed by atoms with E-state index in [1.54, 1.807) is 6.07 Å². The number of nitrogens with one attached hydrogen (secondary N) is 1. The van der Waals surface area contributed by atoms with Crippen molar-refractivity contribution in [3.63, 3.8) is 0 Å². The smallest absolute Gasteiger partial charge is 0.151 e. The summed E-state index contributed by atoms with van der Waals surface area (Å²) in [4.78, 5) is 0. The van der Waals surface area contributed by atoms with E-state index < -0.39 is 0 Å². The molecule has 70 valence electrons. The van der Waals surface area contributed by atoms with Gasteiger partial charge in [0.1, 0.15) is 5.82 Å². The molecular weight excluding hydrogens is 188 g/mol. The number of aromatic nitrogens is 2. The molecule has 0 bridgehead atoms. The van der Waals surface area contributed by atoms with Crippen LogP contribution in [-0.2, 0) is 0 Å². The fourth-order valence-electron chi connectivity index (χ4n) is 1.38. The van der Waals surface area contributed by atoms with Gasteiger partial charge in [-0.3, -0.25) is 0 Å². The summed E-state index contributed by atoms with van der Waals surface area (Å²) in [5.74, 6) is 0.765. The van der Waals surface area contributed by atoms with E-state index in [1.807, 2.05) is 6.07 Å². The van der Waals surface area contributed by atoms with Crippen molar-refractivity contribution >= 4 is 17.4 Å². The zero-order valence-corrected chi connectivity index (χ0v) is 7.83. The zero-order chi connectivity index (χ0) is 9.26. The summed E-state index contributed by atoms with van der Waals surface area (Å²) < 4.78 is 0. The van der Waals surface area contributed by atoms with Crippen LogP contribution in [0.25, 0.3) is 0 Å². The van der Waals surface area contributed by atoms with Gasteiger partial charge in [-0.05, 0) is 25.0 Å². The van der Waals surface area contributed by atoms with Gasteiger partial charge in [0, 0.05) is 12.1 Å². The van der Waals surface area contributed by atoms with Crippen molar-refractivity contribution in [2.24, 2.45) is 5.73 Å². The third-order valence-electron chi connectivity index (χ3n) is 2.16. The first kappa shape index (κ1) is 8.72. The Morgan fingerprint density at radius 3 is 2.69 bits per heavy atom. The fraction of sp³-hybridized carbons (Fsp3) is 0.500. The second kappa shape index (κ2) is 3.47. The van der Waals surface area contributed by atoms with Gasteiger partial charge in [-0.2, -0.15) is 0 Å². The van der Waals surface area contributed by atoms with Crippen LogP contribution in [-0.4, -0.2) is 22.3 Å². The second-order valence-corrected chi connectivity index (χ2v) is 3.70. The lowest BCUT2D eigenvalue weighted by Gasteiger charge is -2.33. The molecule has 0 atom stereocenters. The van der Waals surface area contributed by atoms with E-state index in [4.69, 9.17) is 17.3 Å². The number of anilines is 1. The topological polar surface area (TPSA) is 63.8 Å². The quantitative estimate of drug-likeness (QED) is 0.745. The minimum Gasteiger partial charge on any atom is -0.366 e. The van der Waals surface area contributed by atoms with Gasteiger partial charge >= 0.3 is 0 Å². The predicted octanol–water partition coefficient (Wildman–Crippen LogP) is 1.03. The van der Waals surface area contributed by atoms with Crippen molar-refractivity contribution in [1.82, 2.24) is 10.2 Å². The van der Waals surface area contributed by atoms with Gasteiger partial charge in [0.25, 0.3) is 0 Å². The summed E-state index contributed by atoms with van der Waals surface area (Å²) in [5, 5.41) is 11.3. The Balaban J connectivity index is 1.91. The number of halogens is 1. The third-order valence-corrected chi connectivity index (χ3v) is 2.36. The van der Waals surface area contributed by atoms with Gasteiger partial charge < -0.3 is 11.1 Å². The summed E-state index contributed by atoms with van der Waals surface area (Å²) in [6.45, 7) is 0. The average molecular weight is 199 g/mol. The van der Waals surface area contributed by atoms with Crippen LogP contribution in [0.3, 0.4) is 0 Å². The van der Waals surface area contributed by atoms with Crippen molar-refractivity contribution in [3.8, 4) is 0 Å². The maximum atomic E-state index is 5.65. The summed E-state index contributed by atoms with van der Waals surface area (Å²) in [5.41, 5.74) is 5.65. The molecule has 5 heteroatoms. The van der Waals surface area contributed by atoms with Crippen LogP contribution in [0, 0.1) is 0 Å². The molecule has 1 aliphatic rings. The molecule has 0 aromatic carbocycles. The van der Waals surface area contributed by atoms with Crippen molar-refractivity contribution in [2.45, 2.75) is 24.9 Å². The summed E-state index contributed by atoms with van der Waals surface area (Å²) in [7, 11) is 0. The molecule has 0 radical (unpaired) electrons. The van der Waals surface area contributed by atoms with E-state index in [0.717, 1.165) is 18.7 Å². The minimum atomic E-state index is 0.345. The SMILES string of the molecule is NC1CC(Nc2ccc(Cl)nn2)C1. The highest BCUT2D eigenvalue weighted by Gasteiger charge is 2.25. The lowest BCUT2D eigenvalue weighted by atomic mass is 9.88. The molecule has 13 heavy (non-hydrogen) atoms. The van der Waals surface area contributed by atoms with Crippen molar-refractivity contribution in [1.29, 1.82) is 0 Å². The van der Waals surface area contributed by atoms with Gasteiger partial charge in [-0.25, -0.2) is 0 Å². The average Bonchev–Trinajstić information content (AvgIpc) is 2.06. The molecular formula is C8H11ClN4. The molecule has 0 spiro atoms. The Bertz CT molecular complexity index is 281. The van der Waals surface area contributed by atoms with Crippen LogP contribution in [0.15, 0.2) is 12.1 Å². The van der Waals surface area contributed by atoms with E-state index in [0.29, 0.717) is 17.2 Å². The first-order chi connectivity index (χ1) is 6.24. The van der Waals surface area contributed by atoms with Crippen LogP contribution in [0.5, 0.6) is 0 Å². The Kier molecular flexibility index (Phi) is 2.33. The van der Waals surface area contributed by atoms with E-state index in [9.17, 15) is 0 Å². The standard InChI is InChI=1S/C8H11ClN4/c9-7-1-2-8(13-12-7)11-6-3-5(10)4-6/h1-2,5-6H,3-4,10H2,(H,11,13). The van der Waals surface area contributed by atoms with Crippen molar-refractivity contribution in [2.75, 3.05) is 5.32 Å². The normalized spacial score (nSPS) is 26.6. The van der Waals surface area contributed by atoms with E-state index in [1.165, 1.54) is 0 Å². The van der Waals surface area contributed by atoms with E-state index >= 15 is 0 Å². The monoisotopic (exact) mass is 198 g/mol. The summed E-state index contributed by atoms with van der Waals surface area (Å²) >= 11 is 5.60. The first-order valence-corrected chi connectivity index (χ1v) is 4.63. The minimum absolute atomic E-state index is 0.345. The molecule has 0 saturated heterocycles. The number of nitrogens with two attached hydrogens (primary N) is 1. The first-order valence-electron chi connectivity index (χ1n) is 4.25. The second-order valence-electron chi connectivity index (χ2n) is 3.31. The van der Waals surface area contributed by atoms with Gasteiger partial charge in [0.2, 0.25) is 0 Å². The zero-order valence-electron chi connectivity index (χ0n) is 7.07. The molecule has 1 aromatic heterocycles. The lowest BCUT2D eigenvalue weighted by molar-refractivity contribution is 0.372. The predicted molar refractivity (Wildman–Crippen MR) is 51.7 cm³/mol. The highest BCUT2D eigenvalue weighted by Crippen LogP contribution is 2.21. The van der Waals surface area contributed by atoms with Crippen LogP contribution in [0.4, 0.5) is 5.82 Å². The maximum Gasteiger partial charge on any atom is 0.151 e. The largest absolute Gasteiger partial charge is 0.366 e. The molecule has 1 aromatic rings. The molecule has 0 unspecified atom stereocenters. The van der Waals surface area contributed by atoms with Crippen LogP contribution < -0.4 is 11.1 Å². The molecule has 1 heterocycles. The highest BCUT2D eigenvalue weighted by molar-refractivity contribution is 6.29. The number of hydrogen-bond donors (Lipinski definition) is 2. The number of rotatable bonds is 2. The molecule has 1 fully saturated rings. The van der Waals surface area contributed by atoms with Crippen LogP contribution in [0.2, 0.25) is 5.15 Å². The summed E-state index contributed by atoms with van der Waals surface area (Å²) in [6, 6.07) is 4.33. The van der Waals surface area contributed by atoms with Crippen molar-refractivity contribution < 1.29 is 0 Å². The molecule has 3 N–H and O–H groups in total. The molecule has 1 saturated carbocycles. The fourth-order valence-corrected chi connectivity index (χ4v) is 1.48. The van der Waals surface area contributed by atoms with Crippen molar-refractivity contribution in [3.05, 3.63) is 17.3 Å². The van der Waals surface area contributed by atoms with Crippen LogP contribution >= 0.6 is 11.6 Å². The Morgan fingerprint density at radius 2 is 2.15 bits per heavy atom. The molecule has 2 rings (SSSR count). The van der Waals surface area contributed by atoms with Gasteiger partial charge in [0.15, 0.2) is 5.15 Å². The molecule has 0 aliphatic heterocycles. The van der Waals surface area contributed by atoms with Gasteiger partial charge in [-0.1, -0.05) is 11.6 Å². The Hall–Kier alpha value is -0.870. The maximum absolute atomic E-state index is 5.65. The molecule has 0 amide bonds. The van der Waals surface area contributed by atoms with Gasteiger partial charge in [-0.15, -0.1) is 10.2 Å². The van der Waals surface area contributed by atoms with Crippen LogP contribution in [0.1, 0.15) is 12.8 Å². The Morgan fingerprint density at radius 1 is 1.38 bits per heavy atom. The number of nitrogens with zero attached hydrogens (tertiary/aromatic N) is 2. The Labute approximate surface area is 81.5 Å². The molecule has 1 aliphatic carbocycles. The highest BCUT2D eigenvalue weighted by atomic mass is 35.5. The number of hydrogen-bond acceptors (Lipinski definition) is 4. The summed E-state index contributed by atoms with van der Waals surface area (Å²) in [6.07, 6.45) is 2.01.